The van der Waals surface area contributed by atoms with E-state index in [2.05, 4.69) is 0 Å². The van der Waals surface area contributed by atoms with E-state index >= 15 is 0 Å². The Morgan fingerprint density at radius 1 is 1.25 bits per heavy atom. The molecule has 1 saturated heterocycles. The van der Waals surface area contributed by atoms with Gasteiger partial charge in [0.1, 0.15) is 0 Å². The van der Waals surface area contributed by atoms with Crippen molar-refractivity contribution in [1.29, 1.82) is 0 Å². The standard InChI is InChI=1S/C7H7NO3S/c9-7-5-3-1-2-4-6(5)12(10,11)8-7/h3-4H,1-2H2,(H,8,9). The Kier molecular flexibility index (Phi) is 1.38. The summed E-state index contributed by atoms with van der Waals surface area (Å²) in [5.41, 5.74) is 0.307. The quantitative estimate of drug-likeness (QED) is 0.580. The van der Waals surface area contributed by atoms with Gasteiger partial charge in [0, 0.05) is 0 Å². The molecule has 1 N–H and O–H groups in total. The van der Waals surface area contributed by atoms with Gasteiger partial charge in [0.25, 0.3) is 15.9 Å². The smallest absolute Gasteiger partial charge is 0.266 e. The predicted molar refractivity (Wildman–Crippen MR) is 42.5 cm³/mol. The average molecular weight is 185 g/mol. The second-order valence-corrected chi connectivity index (χ2v) is 4.35. The SMILES string of the molecule is O=C1NS(=O)(=O)C2=CCCC=C12. The molecule has 0 spiro atoms. The number of carbonyl (C=O) groups is 1. The van der Waals surface area contributed by atoms with Gasteiger partial charge in [0.15, 0.2) is 0 Å². The highest BCUT2D eigenvalue weighted by molar-refractivity contribution is 7.95. The van der Waals surface area contributed by atoms with Gasteiger partial charge in [-0.2, -0.15) is 0 Å². The summed E-state index contributed by atoms with van der Waals surface area (Å²) in [7, 11) is -3.50. The zero-order valence-corrected chi connectivity index (χ0v) is 7.02. The largest absolute Gasteiger partial charge is 0.268 e. The van der Waals surface area contributed by atoms with Crippen LogP contribution in [0.3, 0.4) is 0 Å². The minimum absolute atomic E-state index is 0.152. The molecular formula is C7H7NO3S. The van der Waals surface area contributed by atoms with Crippen LogP contribution >= 0.6 is 0 Å². The molecule has 1 aliphatic carbocycles. The highest BCUT2D eigenvalue weighted by Crippen LogP contribution is 2.28. The predicted octanol–water partition coefficient (Wildman–Crippen LogP) is 0.0501. The average Bonchev–Trinajstić information content (AvgIpc) is 2.25. The van der Waals surface area contributed by atoms with Crippen LogP contribution in [0.4, 0.5) is 0 Å². The first-order valence-corrected chi connectivity index (χ1v) is 5.07. The van der Waals surface area contributed by atoms with Crippen molar-refractivity contribution >= 4 is 15.9 Å². The molecule has 0 aromatic heterocycles. The molecule has 4 nitrogen and oxygen atoms in total. The fourth-order valence-corrected chi connectivity index (χ4v) is 2.61. The number of sulfonamides is 1. The molecule has 0 bridgehead atoms. The van der Waals surface area contributed by atoms with Gasteiger partial charge in [-0.1, -0.05) is 12.2 Å². The summed E-state index contributed by atoms with van der Waals surface area (Å²) in [4.78, 5) is 11.2. The van der Waals surface area contributed by atoms with Gasteiger partial charge in [-0.05, 0) is 12.8 Å². The van der Waals surface area contributed by atoms with Crippen LogP contribution < -0.4 is 4.72 Å². The van der Waals surface area contributed by atoms with Gasteiger partial charge in [-0.3, -0.25) is 4.79 Å². The second-order valence-electron chi connectivity index (χ2n) is 2.70. The van der Waals surface area contributed by atoms with Crippen LogP contribution in [0.25, 0.3) is 0 Å². The molecule has 0 radical (unpaired) electrons. The van der Waals surface area contributed by atoms with Crippen molar-refractivity contribution in [3.63, 3.8) is 0 Å². The van der Waals surface area contributed by atoms with Crippen LogP contribution in [0.5, 0.6) is 0 Å². The Bertz CT molecular complexity index is 402. The molecule has 1 fully saturated rings. The van der Waals surface area contributed by atoms with Crippen molar-refractivity contribution in [3.8, 4) is 0 Å². The van der Waals surface area contributed by atoms with E-state index in [-0.39, 0.29) is 4.91 Å². The number of hydrogen-bond acceptors (Lipinski definition) is 3. The highest BCUT2D eigenvalue weighted by atomic mass is 32.2. The summed E-state index contributed by atoms with van der Waals surface area (Å²) in [5, 5.41) is 0. The van der Waals surface area contributed by atoms with E-state index in [1.54, 1.807) is 12.2 Å². The lowest BCUT2D eigenvalue weighted by Crippen LogP contribution is -2.20. The third-order valence-electron chi connectivity index (χ3n) is 1.87. The van der Waals surface area contributed by atoms with Gasteiger partial charge < -0.3 is 0 Å². The van der Waals surface area contributed by atoms with Gasteiger partial charge in [0.2, 0.25) is 0 Å². The van der Waals surface area contributed by atoms with Gasteiger partial charge in [0.05, 0.1) is 10.5 Å². The normalized spacial score (nSPS) is 25.5. The summed E-state index contributed by atoms with van der Waals surface area (Å²) in [6.07, 6.45) is 4.67. The zero-order chi connectivity index (χ0) is 8.77. The van der Waals surface area contributed by atoms with Gasteiger partial charge in [-0.25, -0.2) is 13.1 Å². The van der Waals surface area contributed by atoms with Crippen molar-refractivity contribution in [2.45, 2.75) is 12.8 Å². The van der Waals surface area contributed by atoms with Crippen molar-refractivity contribution < 1.29 is 13.2 Å². The van der Waals surface area contributed by atoms with E-state index in [1.165, 1.54) is 0 Å². The molecule has 2 rings (SSSR count). The molecule has 1 aliphatic heterocycles. The van der Waals surface area contributed by atoms with Crippen molar-refractivity contribution in [1.82, 2.24) is 4.72 Å². The first-order valence-electron chi connectivity index (χ1n) is 3.59. The Morgan fingerprint density at radius 3 is 2.58 bits per heavy atom. The van der Waals surface area contributed by atoms with Crippen LogP contribution in [-0.4, -0.2) is 14.3 Å². The Balaban J connectivity index is 2.63. The summed E-state index contributed by atoms with van der Waals surface area (Å²) in [5.74, 6) is -0.499. The molecular weight excluding hydrogens is 178 g/mol. The van der Waals surface area contributed by atoms with E-state index in [9.17, 15) is 13.2 Å². The van der Waals surface area contributed by atoms with Crippen LogP contribution in [-0.2, 0) is 14.8 Å². The van der Waals surface area contributed by atoms with Gasteiger partial charge >= 0.3 is 0 Å². The van der Waals surface area contributed by atoms with Crippen LogP contribution in [0.1, 0.15) is 12.8 Å². The number of allylic oxidation sites excluding steroid dienone is 2. The summed E-state index contributed by atoms with van der Waals surface area (Å²) in [6, 6.07) is 0. The molecule has 0 unspecified atom stereocenters. The van der Waals surface area contributed by atoms with Crippen molar-refractivity contribution in [2.24, 2.45) is 0 Å². The van der Waals surface area contributed by atoms with Gasteiger partial charge in [-0.15, -0.1) is 0 Å². The second kappa shape index (κ2) is 2.20. The molecule has 0 aromatic rings. The van der Waals surface area contributed by atoms with E-state index < -0.39 is 15.9 Å². The monoisotopic (exact) mass is 185 g/mol. The summed E-state index contributed by atoms with van der Waals surface area (Å²) < 4.78 is 24.3. The van der Waals surface area contributed by atoms with Crippen molar-refractivity contribution in [2.75, 3.05) is 0 Å². The maximum atomic E-state index is 11.2. The summed E-state index contributed by atoms with van der Waals surface area (Å²) >= 11 is 0. The van der Waals surface area contributed by atoms with E-state index in [1.807, 2.05) is 4.72 Å². The minimum Gasteiger partial charge on any atom is -0.268 e. The molecule has 1 heterocycles. The van der Waals surface area contributed by atoms with Crippen molar-refractivity contribution in [3.05, 3.63) is 22.6 Å². The number of rotatable bonds is 0. The Labute approximate surface area is 70.0 Å². The third kappa shape index (κ3) is 0.896. The fourth-order valence-electron chi connectivity index (χ4n) is 1.34. The molecule has 12 heavy (non-hydrogen) atoms. The molecule has 1 amide bonds. The minimum atomic E-state index is -3.50. The number of fused-ring (bicyclic) bond motifs is 1. The number of carbonyl (C=O) groups excluding carboxylic acids is 1. The molecule has 0 aromatic carbocycles. The molecule has 5 heteroatoms. The maximum Gasteiger partial charge on any atom is 0.266 e. The van der Waals surface area contributed by atoms with E-state index in [0.29, 0.717) is 12.0 Å². The topological polar surface area (TPSA) is 63.2 Å². The lowest BCUT2D eigenvalue weighted by Gasteiger charge is -2.01. The zero-order valence-electron chi connectivity index (χ0n) is 6.20. The molecule has 64 valence electrons. The van der Waals surface area contributed by atoms with E-state index in [4.69, 9.17) is 0 Å². The number of nitrogens with one attached hydrogen (secondary N) is 1. The number of hydrogen-bond donors (Lipinski definition) is 1. The third-order valence-corrected chi connectivity index (χ3v) is 3.29. The van der Waals surface area contributed by atoms with Crippen LogP contribution in [0, 0.1) is 0 Å². The number of amides is 1. The first-order chi connectivity index (χ1) is 5.61. The maximum absolute atomic E-state index is 11.2. The van der Waals surface area contributed by atoms with Crippen LogP contribution in [0.2, 0.25) is 0 Å². The van der Waals surface area contributed by atoms with Crippen LogP contribution in [0.15, 0.2) is 22.6 Å². The highest BCUT2D eigenvalue weighted by Gasteiger charge is 2.36. The Morgan fingerprint density at radius 2 is 1.92 bits per heavy atom. The molecule has 2 aliphatic rings. The first kappa shape index (κ1) is 7.54. The molecule has 0 saturated carbocycles. The lowest BCUT2D eigenvalue weighted by atomic mass is 10.1. The fraction of sp³-hybridized carbons (Fsp3) is 0.286. The molecule has 0 atom stereocenters. The lowest BCUT2D eigenvalue weighted by molar-refractivity contribution is -0.115. The Hall–Kier alpha value is -1.10. The summed E-state index contributed by atoms with van der Waals surface area (Å²) in [6.45, 7) is 0. The van der Waals surface area contributed by atoms with E-state index in [0.717, 1.165) is 6.42 Å².